The molecule has 2 aromatic carbocycles. The van der Waals surface area contributed by atoms with Crippen molar-refractivity contribution in [2.24, 2.45) is 5.92 Å². The van der Waals surface area contributed by atoms with E-state index in [-0.39, 0.29) is 0 Å². The predicted octanol–water partition coefficient (Wildman–Crippen LogP) is 4.45. The van der Waals surface area contributed by atoms with E-state index in [1.165, 1.54) is 5.52 Å². The van der Waals surface area contributed by atoms with Gasteiger partial charge < -0.3 is 9.30 Å². The van der Waals surface area contributed by atoms with Crippen molar-refractivity contribution in [2.75, 3.05) is 7.11 Å². The van der Waals surface area contributed by atoms with E-state index in [1.807, 2.05) is 18.2 Å². The van der Waals surface area contributed by atoms with Crippen molar-refractivity contribution < 1.29 is 4.74 Å². The summed E-state index contributed by atoms with van der Waals surface area (Å²) in [6, 6.07) is 16.4. The summed E-state index contributed by atoms with van der Waals surface area (Å²) >= 11 is 0. The minimum atomic E-state index is 0.421. The molecule has 0 unspecified atom stereocenters. The number of fused-ring (bicyclic) bond motifs is 1. The lowest BCUT2D eigenvalue weighted by Gasteiger charge is -2.12. The normalized spacial score (nSPS) is 14.0. The third-order valence-electron chi connectivity index (χ3n) is 4.22. The van der Waals surface area contributed by atoms with E-state index in [0.717, 1.165) is 29.2 Å². The van der Waals surface area contributed by atoms with Gasteiger partial charge in [-0.3, -0.25) is 0 Å². The molecule has 0 fully saturated rings. The smallest absolute Gasteiger partial charge is 0.141 e. The summed E-state index contributed by atoms with van der Waals surface area (Å²) < 4.78 is 7.56. The van der Waals surface area contributed by atoms with Crippen LogP contribution >= 0.6 is 0 Å². The summed E-state index contributed by atoms with van der Waals surface area (Å²) in [5.41, 5.74) is 3.31. The zero-order valence-corrected chi connectivity index (χ0v) is 13.0. The van der Waals surface area contributed by atoms with E-state index >= 15 is 0 Å². The quantitative estimate of drug-likeness (QED) is 0.711. The lowest BCUT2D eigenvalue weighted by Crippen LogP contribution is -2.07. The Morgan fingerprint density at radius 3 is 2.48 bits per heavy atom. The third-order valence-corrected chi connectivity index (χ3v) is 4.22. The number of hydrogen-bond donors (Lipinski definition) is 0. The molecule has 1 aliphatic carbocycles. The second-order valence-electron chi connectivity index (χ2n) is 5.70. The van der Waals surface area contributed by atoms with Crippen LogP contribution in [-0.2, 0) is 6.54 Å². The molecule has 4 rings (SSSR count). The van der Waals surface area contributed by atoms with E-state index in [0.29, 0.717) is 5.92 Å². The molecule has 0 spiro atoms. The molecule has 1 aliphatic rings. The van der Waals surface area contributed by atoms with Gasteiger partial charge in [0, 0.05) is 18.0 Å². The molecule has 3 nitrogen and oxygen atoms in total. The summed E-state index contributed by atoms with van der Waals surface area (Å²) in [6.45, 7) is 0.898. The van der Waals surface area contributed by atoms with E-state index < -0.39 is 0 Å². The number of methoxy groups -OCH3 is 1. The van der Waals surface area contributed by atoms with Gasteiger partial charge in [-0.1, -0.05) is 36.4 Å². The fourth-order valence-corrected chi connectivity index (χ4v) is 3.03. The zero-order valence-electron chi connectivity index (χ0n) is 13.0. The van der Waals surface area contributed by atoms with Gasteiger partial charge in [-0.25, -0.2) is 4.98 Å². The lowest BCUT2D eigenvalue weighted by atomic mass is 10.1. The van der Waals surface area contributed by atoms with Crippen LogP contribution in [0.15, 0.2) is 72.8 Å². The molecular weight excluding hydrogens is 284 g/mol. The van der Waals surface area contributed by atoms with E-state index in [2.05, 4.69) is 59.2 Å². The SMILES string of the molecule is COc1ccc(-c2nc3ccccc3n2CC2C=CC=C2)cc1. The molecule has 0 saturated heterocycles. The van der Waals surface area contributed by atoms with Crippen molar-refractivity contribution in [3.8, 4) is 17.1 Å². The van der Waals surface area contributed by atoms with Crippen molar-refractivity contribution in [1.29, 1.82) is 0 Å². The second kappa shape index (κ2) is 5.76. The highest BCUT2D eigenvalue weighted by atomic mass is 16.5. The van der Waals surface area contributed by atoms with Gasteiger partial charge in [-0.05, 0) is 36.4 Å². The van der Waals surface area contributed by atoms with Crippen molar-refractivity contribution >= 4 is 11.0 Å². The number of para-hydroxylation sites is 2. The summed E-state index contributed by atoms with van der Waals surface area (Å²) in [5.74, 6) is 2.28. The van der Waals surface area contributed by atoms with E-state index in [9.17, 15) is 0 Å². The number of imidazole rings is 1. The van der Waals surface area contributed by atoms with Crippen LogP contribution in [0.5, 0.6) is 5.75 Å². The largest absolute Gasteiger partial charge is 0.497 e. The average Bonchev–Trinajstić information content (AvgIpc) is 3.24. The highest BCUT2D eigenvalue weighted by Crippen LogP contribution is 2.28. The van der Waals surface area contributed by atoms with E-state index in [1.54, 1.807) is 7.11 Å². The maximum atomic E-state index is 5.26. The molecule has 114 valence electrons. The number of benzene rings is 2. The van der Waals surface area contributed by atoms with Gasteiger partial charge in [0.1, 0.15) is 11.6 Å². The Kier molecular flexibility index (Phi) is 3.46. The molecule has 3 heteroatoms. The Hall–Kier alpha value is -2.81. The summed E-state index contributed by atoms with van der Waals surface area (Å²) in [4.78, 5) is 4.85. The molecule has 0 atom stereocenters. The Balaban J connectivity index is 1.83. The third kappa shape index (κ3) is 2.55. The minimum absolute atomic E-state index is 0.421. The number of hydrogen-bond acceptors (Lipinski definition) is 2. The Morgan fingerprint density at radius 2 is 1.74 bits per heavy atom. The first kappa shape index (κ1) is 13.8. The molecule has 0 bridgehead atoms. The molecule has 0 amide bonds. The predicted molar refractivity (Wildman–Crippen MR) is 93.5 cm³/mol. The number of rotatable bonds is 4. The highest BCUT2D eigenvalue weighted by molar-refractivity contribution is 5.80. The van der Waals surface area contributed by atoms with Gasteiger partial charge in [0.05, 0.1) is 18.1 Å². The van der Waals surface area contributed by atoms with Crippen molar-refractivity contribution in [2.45, 2.75) is 6.54 Å². The minimum Gasteiger partial charge on any atom is -0.497 e. The van der Waals surface area contributed by atoms with Crippen LogP contribution in [0.1, 0.15) is 0 Å². The Morgan fingerprint density at radius 1 is 1.00 bits per heavy atom. The monoisotopic (exact) mass is 302 g/mol. The van der Waals surface area contributed by atoms with Crippen molar-refractivity contribution in [3.63, 3.8) is 0 Å². The van der Waals surface area contributed by atoms with Gasteiger partial charge in [0.25, 0.3) is 0 Å². The molecule has 1 heterocycles. The van der Waals surface area contributed by atoms with E-state index in [4.69, 9.17) is 9.72 Å². The van der Waals surface area contributed by atoms with Gasteiger partial charge in [0.2, 0.25) is 0 Å². The number of aromatic nitrogens is 2. The summed E-state index contributed by atoms with van der Waals surface area (Å²) in [7, 11) is 1.68. The first-order chi connectivity index (χ1) is 11.3. The number of nitrogens with zero attached hydrogens (tertiary/aromatic N) is 2. The van der Waals surface area contributed by atoms with Crippen molar-refractivity contribution in [1.82, 2.24) is 9.55 Å². The van der Waals surface area contributed by atoms with Crippen LogP contribution in [0.2, 0.25) is 0 Å². The molecule has 0 aliphatic heterocycles. The lowest BCUT2D eigenvalue weighted by molar-refractivity contribution is 0.415. The zero-order chi connectivity index (χ0) is 15.6. The molecule has 0 N–H and O–H groups in total. The van der Waals surface area contributed by atoms with Crippen LogP contribution < -0.4 is 4.74 Å². The maximum absolute atomic E-state index is 5.26. The van der Waals surface area contributed by atoms with Gasteiger partial charge in [-0.15, -0.1) is 0 Å². The molecule has 3 aromatic rings. The number of ether oxygens (including phenoxy) is 1. The first-order valence-electron chi connectivity index (χ1n) is 7.80. The fourth-order valence-electron chi connectivity index (χ4n) is 3.03. The van der Waals surface area contributed by atoms with Crippen LogP contribution in [0.4, 0.5) is 0 Å². The van der Waals surface area contributed by atoms with Gasteiger partial charge >= 0.3 is 0 Å². The second-order valence-corrected chi connectivity index (χ2v) is 5.70. The highest BCUT2D eigenvalue weighted by Gasteiger charge is 2.15. The molecular formula is C20H18N2O. The average molecular weight is 302 g/mol. The topological polar surface area (TPSA) is 27.1 Å². The molecule has 1 aromatic heterocycles. The molecule has 0 radical (unpaired) electrons. The Labute approximate surface area is 135 Å². The first-order valence-corrected chi connectivity index (χ1v) is 7.80. The number of allylic oxidation sites excluding steroid dienone is 4. The van der Waals surface area contributed by atoms with Gasteiger partial charge in [0.15, 0.2) is 0 Å². The molecule has 23 heavy (non-hydrogen) atoms. The van der Waals surface area contributed by atoms with Crippen LogP contribution in [0.25, 0.3) is 22.4 Å². The fraction of sp³-hybridized carbons (Fsp3) is 0.150. The Bertz CT molecular complexity index is 876. The molecule has 0 saturated carbocycles. The van der Waals surface area contributed by atoms with Crippen LogP contribution in [-0.4, -0.2) is 16.7 Å². The maximum Gasteiger partial charge on any atom is 0.141 e. The standard InChI is InChI=1S/C20H18N2O/c1-23-17-12-10-16(11-13-17)20-21-18-8-4-5-9-19(18)22(20)14-15-6-2-3-7-15/h2-13,15H,14H2,1H3. The van der Waals surface area contributed by atoms with Crippen molar-refractivity contribution in [3.05, 3.63) is 72.8 Å². The van der Waals surface area contributed by atoms with Gasteiger partial charge in [-0.2, -0.15) is 0 Å². The summed E-state index contributed by atoms with van der Waals surface area (Å²) in [5, 5.41) is 0. The van der Waals surface area contributed by atoms with Crippen LogP contribution in [0.3, 0.4) is 0 Å². The summed E-state index contributed by atoms with van der Waals surface area (Å²) in [6.07, 6.45) is 8.67. The van der Waals surface area contributed by atoms with Crippen LogP contribution in [0, 0.1) is 5.92 Å².